The number of rotatable bonds is 2. The molecule has 0 bridgehead atoms. The number of hydrogen-bond donors (Lipinski definition) is 0. The summed E-state index contributed by atoms with van der Waals surface area (Å²) in [6, 6.07) is 3.79. The van der Waals surface area contributed by atoms with Gasteiger partial charge in [-0.25, -0.2) is 4.99 Å². The molecule has 1 aromatic rings. The van der Waals surface area contributed by atoms with Crippen LogP contribution in [0.1, 0.15) is 0 Å². The second kappa shape index (κ2) is 5.32. The lowest BCUT2D eigenvalue weighted by Crippen LogP contribution is -2.07. The molecule has 0 aliphatic rings. The molecule has 2 nitrogen and oxygen atoms in total. The van der Waals surface area contributed by atoms with Crippen LogP contribution in [0.2, 0.25) is 5.02 Å². The Hall–Kier alpha value is 0.190. The summed E-state index contributed by atoms with van der Waals surface area (Å²) < 4.78 is 1.96. The lowest BCUT2D eigenvalue weighted by molar-refractivity contribution is 0.643. The zero-order valence-corrected chi connectivity index (χ0v) is 12.3. The number of halogens is 3. The fourth-order valence-electron chi connectivity index (χ4n) is 0.789. The number of nitrogens with zero attached hydrogens (tertiary/aromatic N) is 2. The van der Waals surface area contributed by atoms with Crippen molar-refractivity contribution in [2.24, 2.45) is 4.99 Å². The summed E-state index contributed by atoms with van der Waals surface area (Å²) in [6.07, 6.45) is 1.75. The molecule has 0 aliphatic heterocycles. The largest absolute Gasteiger partial charge is 0.369 e. The van der Waals surface area contributed by atoms with Crippen LogP contribution in [-0.2, 0) is 0 Å². The summed E-state index contributed by atoms with van der Waals surface area (Å²) >= 11 is 11.6. The van der Waals surface area contributed by atoms with Crippen molar-refractivity contribution in [1.29, 1.82) is 0 Å². The van der Waals surface area contributed by atoms with Crippen LogP contribution < -0.4 is 0 Å². The topological polar surface area (TPSA) is 15.6 Å². The third kappa shape index (κ3) is 3.40. The normalized spacial score (nSPS) is 10.9. The van der Waals surface area contributed by atoms with Gasteiger partial charge in [-0.15, -0.1) is 0 Å². The predicted octanol–water partition coefficient (Wildman–Crippen LogP) is 3.93. The van der Waals surface area contributed by atoms with E-state index in [1.54, 1.807) is 6.34 Å². The van der Waals surface area contributed by atoms with Crippen LogP contribution in [0.25, 0.3) is 0 Å². The maximum atomic E-state index is 5.96. The Morgan fingerprint density at radius 3 is 2.71 bits per heavy atom. The average Bonchev–Trinajstić information content (AvgIpc) is 2.09. The predicted molar refractivity (Wildman–Crippen MR) is 73.7 cm³/mol. The quantitative estimate of drug-likeness (QED) is 0.325. The van der Waals surface area contributed by atoms with Gasteiger partial charge in [0.1, 0.15) is 0 Å². The van der Waals surface area contributed by atoms with E-state index in [4.69, 9.17) is 11.6 Å². The van der Waals surface area contributed by atoms with E-state index in [-0.39, 0.29) is 0 Å². The van der Waals surface area contributed by atoms with Crippen LogP contribution >= 0.6 is 50.1 Å². The Morgan fingerprint density at radius 2 is 2.14 bits per heavy atom. The van der Waals surface area contributed by atoms with Crippen LogP contribution in [-0.4, -0.2) is 25.3 Å². The molecule has 0 amide bonds. The van der Waals surface area contributed by atoms with Crippen molar-refractivity contribution >= 4 is 62.1 Å². The molecule has 0 unspecified atom stereocenters. The minimum Gasteiger partial charge on any atom is -0.369 e. The van der Waals surface area contributed by atoms with Gasteiger partial charge in [-0.1, -0.05) is 11.6 Å². The van der Waals surface area contributed by atoms with Gasteiger partial charge in [-0.3, -0.25) is 0 Å². The third-order valence-electron chi connectivity index (χ3n) is 1.42. The molecule has 0 spiro atoms. The first kappa shape index (κ1) is 12.3. The zero-order valence-electron chi connectivity index (χ0n) is 7.76. The molecular weight excluding hydrogens is 378 g/mol. The summed E-state index contributed by atoms with van der Waals surface area (Å²) in [5, 5.41) is 0.677. The summed E-state index contributed by atoms with van der Waals surface area (Å²) in [7, 11) is 3.85. The molecule has 5 heteroatoms. The third-order valence-corrected chi connectivity index (χ3v) is 3.48. The molecule has 0 heterocycles. The number of benzene rings is 1. The maximum absolute atomic E-state index is 5.96. The molecule has 0 fully saturated rings. The molecule has 0 N–H and O–H groups in total. The number of hydrogen-bond acceptors (Lipinski definition) is 1. The molecule has 76 valence electrons. The Morgan fingerprint density at radius 1 is 1.50 bits per heavy atom. The molecule has 1 rings (SSSR count). The van der Waals surface area contributed by atoms with Gasteiger partial charge in [0.25, 0.3) is 0 Å². The molecule has 0 saturated heterocycles. The van der Waals surface area contributed by atoms with Crippen molar-refractivity contribution in [2.75, 3.05) is 14.1 Å². The molecule has 0 saturated carbocycles. The maximum Gasteiger partial charge on any atom is 0.0907 e. The first-order chi connectivity index (χ1) is 6.50. The van der Waals surface area contributed by atoms with Crippen LogP contribution in [0.15, 0.2) is 21.6 Å². The SMILES string of the molecule is CN(C)/C=N/c1cc(Cl)c(Br)cc1I. The molecule has 14 heavy (non-hydrogen) atoms. The Balaban J connectivity index is 3.04. The highest BCUT2D eigenvalue weighted by Gasteiger charge is 2.03. The summed E-state index contributed by atoms with van der Waals surface area (Å²) in [6.45, 7) is 0. The van der Waals surface area contributed by atoms with Crippen LogP contribution in [0.4, 0.5) is 5.69 Å². The van der Waals surface area contributed by atoms with Gasteiger partial charge in [-0.2, -0.15) is 0 Å². The molecular formula is C9H9BrClIN2. The first-order valence-electron chi connectivity index (χ1n) is 3.86. The van der Waals surface area contributed by atoms with Gasteiger partial charge < -0.3 is 4.90 Å². The van der Waals surface area contributed by atoms with Crippen molar-refractivity contribution in [3.63, 3.8) is 0 Å². The minimum absolute atomic E-state index is 0.677. The van der Waals surface area contributed by atoms with Gasteiger partial charge in [0, 0.05) is 22.1 Å². The van der Waals surface area contributed by atoms with E-state index in [0.717, 1.165) is 13.7 Å². The number of aliphatic imine (C=N–C) groups is 1. The van der Waals surface area contributed by atoms with Crippen LogP contribution in [0, 0.1) is 3.57 Å². The highest BCUT2D eigenvalue weighted by atomic mass is 127. The Bertz CT molecular complexity index is 366. The van der Waals surface area contributed by atoms with E-state index in [1.165, 1.54) is 0 Å². The summed E-state index contributed by atoms with van der Waals surface area (Å²) in [5.74, 6) is 0. The van der Waals surface area contributed by atoms with E-state index in [9.17, 15) is 0 Å². The van der Waals surface area contributed by atoms with Gasteiger partial charge >= 0.3 is 0 Å². The van der Waals surface area contributed by atoms with Crippen LogP contribution in [0.3, 0.4) is 0 Å². The Labute approximate surface area is 111 Å². The minimum atomic E-state index is 0.677. The lowest BCUT2D eigenvalue weighted by Gasteiger charge is -2.05. The van der Waals surface area contributed by atoms with Crippen LogP contribution in [0.5, 0.6) is 0 Å². The average molecular weight is 387 g/mol. The summed E-state index contributed by atoms with van der Waals surface area (Å²) in [4.78, 5) is 6.18. The van der Waals surface area contributed by atoms with E-state index in [2.05, 4.69) is 43.5 Å². The lowest BCUT2D eigenvalue weighted by atomic mass is 10.3. The highest BCUT2D eigenvalue weighted by Crippen LogP contribution is 2.31. The molecule has 1 aromatic carbocycles. The summed E-state index contributed by atoms with van der Waals surface area (Å²) in [5.41, 5.74) is 0.882. The molecule has 0 aromatic heterocycles. The molecule has 0 radical (unpaired) electrons. The Kier molecular flexibility index (Phi) is 4.66. The monoisotopic (exact) mass is 386 g/mol. The van der Waals surface area contributed by atoms with Gasteiger partial charge in [0.15, 0.2) is 0 Å². The van der Waals surface area contributed by atoms with Crippen molar-refractivity contribution in [2.45, 2.75) is 0 Å². The van der Waals surface area contributed by atoms with Crippen molar-refractivity contribution in [3.05, 3.63) is 25.2 Å². The zero-order chi connectivity index (χ0) is 10.7. The highest BCUT2D eigenvalue weighted by molar-refractivity contribution is 14.1. The first-order valence-corrected chi connectivity index (χ1v) is 6.11. The standard InChI is InChI=1S/C9H9BrClIN2/c1-14(2)5-13-9-4-7(11)6(10)3-8(9)12/h3-5H,1-2H3/b13-5+. The van der Waals surface area contributed by atoms with Gasteiger partial charge in [0.05, 0.1) is 17.0 Å². The van der Waals surface area contributed by atoms with Gasteiger partial charge in [0.2, 0.25) is 0 Å². The second-order valence-electron chi connectivity index (χ2n) is 2.93. The van der Waals surface area contributed by atoms with E-state index >= 15 is 0 Å². The van der Waals surface area contributed by atoms with Crippen molar-refractivity contribution in [1.82, 2.24) is 4.90 Å². The molecule has 0 aliphatic carbocycles. The fraction of sp³-hybridized carbons (Fsp3) is 0.222. The smallest absolute Gasteiger partial charge is 0.0907 e. The van der Waals surface area contributed by atoms with E-state index in [1.807, 2.05) is 31.1 Å². The van der Waals surface area contributed by atoms with Crippen molar-refractivity contribution in [3.8, 4) is 0 Å². The van der Waals surface area contributed by atoms with Gasteiger partial charge in [-0.05, 0) is 50.7 Å². The molecule has 0 atom stereocenters. The van der Waals surface area contributed by atoms with Crippen molar-refractivity contribution < 1.29 is 0 Å². The second-order valence-corrected chi connectivity index (χ2v) is 5.35. The van der Waals surface area contributed by atoms with E-state index in [0.29, 0.717) is 5.02 Å². The fourth-order valence-corrected chi connectivity index (χ4v) is 2.32. The van der Waals surface area contributed by atoms with E-state index < -0.39 is 0 Å².